The molecule has 1 amide bonds. The van der Waals surface area contributed by atoms with Gasteiger partial charge >= 0.3 is 0 Å². The van der Waals surface area contributed by atoms with E-state index in [1.807, 2.05) is 38.1 Å². The molecule has 2 aromatic carbocycles. The Labute approximate surface area is 164 Å². The highest BCUT2D eigenvalue weighted by Gasteiger charge is 2.18. The number of hydrogen-bond acceptors (Lipinski definition) is 5. The maximum Gasteiger partial charge on any atom is 0.248 e. The van der Waals surface area contributed by atoms with Crippen LogP contribution in [0.3, 0.4) is 0 Å². The summed E-state index contributed by atoms with van der Waals surface area (Å²) in [5.41, 5.74) is 1.90. The number of anilines is 1. The molecule has 1 saturated heterocycles. The lowest BCUT2D eigenvalue weighted by molar-refractivity contribution is -0.183. The molecule has 0 unspecified atom stereocenters. The third-order valence-corrected chi connectivity index (χ3v) is 4.03. The first-order valence-corrected chi connectivity index (χ1v) is 9.33. The number of rotatable bonds is 6. The second kappa shape index (κ2) is 9.39. The fraction of sp³-hybridized carbons (Fsp3) is 0.318. The molecule has 2 N–H and O–H groups in total. The summed E-state index contributed by atoms with van der Waals surface area (Å²) >= 11 is 0. The van der Waals surface area contributed by atoms with Crippen molar-refractivity contribution in [1.29, 1.82) is 0 Å². The fourth-order valence-corrected chi connectivity index (χ4v) is 2.79. The summed E-state index contributed by atoms with van der Waals surface area (Å²) in [4.78, 5) is 12.3. The molecule has 0 aliphatic carbocycles. The highest BCUT2D eigenvalue weighted by molar-refractivity contribution is 6.02. The third kappa shape index (κ3) is 5.58. The minimum atomic E-state index is -0.482. The van der Waals surface area contributed by atoms with E-state index in [4.69, 9.17) is 14.2 Å². The number of carbonyl (C=O) groups excluding carboxylic acids is 1. The lowest BCUT2D eigenvalue weighted by atomic mass is 10.1. The Morgan fingerprint density at radius 3 is 2.75 bits per heavy atom. The van der Waals surface area contributed by atoms with Gasteiger partial charge in [-0.05, 0) is 56.2 Å². The van der Waals surface area contributed by atoms with E-state index in [0.29, 0.717) is 18.9 Å². The maximum absolute atomic E-state index is 12.3. The van der Waals surface area contributed by atoms with Crippen LogP contribution in [0.25, 0.3) is 6.08 Å². The average Bonchev–Trinajstić information content (AvgIpc) is 2.68. The van der Waals surface area contributed by atoms with E-state index in [9.17, 15) is 9.90 Å². The Hall–Kier alpha value is -2.83. The van der Waals surface area contributed by atoms with Crippen LogP contribution in [0.15, 0.2) is 48.5 Å². The summed E-state index contributed by atoms with van der Waals surface area (Å²) in [6, 6.07) is 12.4. The monoisotopic (exact) mass is 383 g/mol. The van der Waals surface area contributed by atoms with E-state index in [1.165, 1.54) is 12.1 Å². The molecule has 0 saturated carbocycles. The van der Waals surface area contributed by atoms with Gasteiger partial charge in [-0.1, -0.05) is 18.2 Å². The molecule has 0 radical (unpaired) electrons. The standard InChI is InChI=1S/C22H25NO5/c1-15(2)28-18-6-3-5-16(13-18)7-10-21(25)23-19-14-17(8-9-20(19)24)22-26-11-4-12-27-22/h3,5-10,13-15,22,24H,4,11-12H2,1-2H3,(H,23,25)/b10-7+. The largest absolute Gasteiger partial charge is 0.506 e. The zero-order chi connectivity index (χ0) is 19.9. The van der Waals surface area contributed by atoms with Gasteiger partial charge < -0.3 is 24.6 Å². The quantitative estimate of drug-likeness (QED) is 0.575. The lowest BCUT2D eigenvalue weighted by Gasteiger charge is -2.24. The molecule has 1 fully saturated rings. The normalized spacial score (nSPS) is 15.1. The van der Waals surface area contributed by atoms with Gasteiger partial charge in [0.2, 0.25) is 5.91 Å². The average molecular weight is 383 g/mol. The van der Waals surface area contributed by atoms with Crippen LogP contribution in [0.4, 0.5) is 5.69 Å². The summed E-state index contributed by atoms with van der Waals surface area (Å²) in [5, 5.41) is 12.7. The van der Waals surface area contributed by atoms with E-state index < -0.39 is 6.29 Å². The number of phenolic OH excluding ortho intramolecular Hbond substituents is 1. The third-order valence-electron chi connectivity index (χ3n) is 4.03. The number of phenols is 1. The Morgan fingerprint density at radius 1 is 1.21 bits per heavy atom. The van der Waals surface area contributed by atoms with Crippen molar-refractivity contribution in [2.45, 2.75) is 32.7 Å². The predicted molar refractivity (Wildman–Crippen MR) is 107 cm³/mol. The van der Waals surface area contributed by atoms with E-state index in [0.717, 1.165) is 23.3 Å². The van der Waals surface area contributed by atoms with Crippen LogP contribution in [-0.2, 0) is 14.3 Å². The van der Waals surface area contributed by atoms with Crippen LogP contribution < -0.4 is 10.1 Å². The van der Waals surface area contributed by atoms with Crippen LogP contribution in [0.2, 0.25) is 0 Å². The molecule has 1 heterocycles. The number of benzene rings is 2. The Kier molecular flexibility index (Phi) is 6.68. The van der Waals surface area contributed by atoms with E-state index in [1.54, 1.807) is 18.2 Å². The molecule has 1 aliphatic heterocycles. The van der Waals surface area contributed by atoms with E-state index >= 15 is 0 Å². The van der Waals surface area contributed by atoms with E-state index in [2.05, 4.69) is 5.32 Å². The fourth-order valence-electron chi connectivity index (χ4n) is 2.79. The number of carbonyl (C=O) groups is 1. The summed E-state index contributed by atoms with van der Waals surface area (Å²) in [6.45, 7) is 5.16. The Balaban J connectivity index is 1.66. The molecule has 1 aliphatic rings. The predicted octanol–water partition coefficient (Wildman–Crippen LogP) is 4.27. The van der Waals surface area contributed by atoms with Gasteiger partial charge in [-0.3, -0.25) is 4.79 Å². The van der Waals surface area contributed by atoms with Crippen molar-refractivity contribution in [1.82, 2.24) is 0 Å². The van der Waals surface area contributed by atoms with Gasteiger partial charge in [-0.25, -0.2) is 0 Å². The molecule has 0 aromatic heterocycles. The number of aromatic hydroxyl groups is 1. The molecule has 0 atom stereocenters. The van der Waals surface area contributed by atoms with Gasteiger partial charge in [-0.15, -0.1) is 0 Å². The maximum atomic E-state index is 12.3. The molecule has 3 rings (SSSR count). The van der Waals surface area contributed by atoms with Gasteiger partial charge in [-0.2, -0.15) is 0 Å². The van der Waals surface area contributed by atoms with Gasteiger partial charge in [0, 0.05) is 11.6 Å². The number of ether oxygens (including phenoxy) is 3. The van der Waals surface area contributed by atoms with Gasteiger partial charge in [0.05, 0.1) is 25.0 Å². The Morgan fingerprint density at radius 2 is 2.00 bits per heavy atom. The van der Waals surface area contributed by atoms with Crippen molar-refractivity contribution in [3.63, 3.8) is 0 Å². The van der Waals surface area contributed by atoms with Crippen molar-refractivity contribution in [2.75, 3.05) is 18.5 Å². The molecular formula is C22H25NO5. The van der Waals surface area contributed by atoms with Crippen molar-refractivity contribution in [2.24, 2.45) is 0 Å². The van der Waals surface area contributed by atoms with Crippen LogP contribution in [-0.4, -0.2) is 30.3 Å². The topological polar surface area (TPSA) is 77.0 Å². The molecule has 6 nitrogen and oxygen atoms in total. The lowest BCUT2D eigenvalue weighted by Crippen LogP contribution is -2.18. The summed E-state index contributed by atoms with van der Waals surface area (Å²) < 4.78 is 16.8. The zero-order valence-corrected chi connectivity index (χ0v) is 16.1. The molecule has 0 spiro atoms. The van der Waals surface area contributed by atoms with Gasteiger partial charge in [0.15, 0.2) is 6.29 Å². The minimum absolute atomic E-state index is 0.0198. The Bertz CT molecular complexity index is 841. The zero-order valence-electron chi connectivity index (χ0n) is 16.1. The first-order valence-electron chi connectivity index (χ1n) is 9.33. The van der Waals surface area contributed by atoms with Crippen LogP contribution in [0.5, 0.6) is 11.5 Å². The minimum Gasteiger partial charge on any atom is -0.506 e. The number of hydrogen-bond donors (Lipinski definition) is 2. The molecule has 2 aromatic rings. The molecule has 0 bridgehead atoms. The van der Waals surface area contributed by atoms with Crippen molar-refractivity contribution in [3.8, 4) is 11.5 Å². The molecule has 6 heteroatoms. The van der Waals surface area contributed by atoms with Crippen LogP contribution in [0, 0.1) is 0 Å². The molecular weight excluding hydrogens is 358 g/mol. The van der Waals surface area contributed by atoms with Gasteiger partial charge in [0.25, 0.3) is 0 Å². The molecule has 148 valence electrons. The first kappa shape index (κ1) is 19.9. The summed E-state index contributed by atoms with van der Waals surface area (Å²) in [6.07, 6.45) is 3.55. The number of nitrogens with one attached hydrogen (secondary N) is 1. The first-order chi connectivity index (χ1) is 13.5. The number of amides is 1. The SMILES string of the molecule is CC(C)Oc1cccc(/C=C/C(=O)Nc2cc(C3OCCCO3)ccc2O)c1. The summed E-state index contributed by atoms with van der Waals surface area (Å²) in [7, 11) is 0. The smallest absolute Gasteiger partial charge is 0.248 e. The van der Waals surface area contributed by atoms with E-state index in [-0.39, 0.29) is 17.8 Å². The highest BCUT2D eigenvalue weighted by atomic mass is 16.7. The second-order valence-electron chi connectivity index (χ2n) is 6.77. The van der Waals surface area contributed by atoms with Crippen molar-refractivity contribution >= 4 is 17.7 Å². The second-order valence-corrected chi connectivity index (χ2v) is 6.77. The van der Waals surface area contributed by atoms with Crippen molar-refractivity contribution in [3.05, 3.63) is 59.7 Å². The van der Waals surface area contributed by atoms with Crippen LogP contribution >= 0.6 is 0 Å². The van der Waals surface area contributed by atoms with Crippen LogP contribution in [0.1, 0.15) is 37.7 Å². The molecule has 28 heavy (non-hydrogen) atoms. The summed E-state index contributed by atoms with van der Waals surface area (Å²) in [5.74, 6) is 0.372. The van der Waals surface area contributed by atoms with Crippen molar-refractivity contribution < 1.29 is 24.1 Å². The van der Waals surface area contributed by atoms with Gasteiger partial charge in [0.1, 0.15) is 11.5 Å². The highest BCUT2D eigenvalue weighted by Crippen LogP contribution is 2.30.